The molecule has 9 heavy (non-hydrogen) atoms. The molecule has 0 aliphatic carbocycles. The summed E-state index contributed by atoms with van der Waals surface area (Å²) >= 11 is 0. The monoisotopic (exact) mass is 125 g/mol. The van der Waals surface area contributed by atoms with Crippen molar-refractivity contribution in [3.05, 3.63) is 18.6 Å². The fraction of sp³-hybridized carbons (Fsp3) is 0.667. The van der Waals surface area contributed by atoms with Crippen LogP contribution in [0, 0.1) is 6.92 Å². The average Bonchev–Trinajstić information content (AvgIpc) is 1.91. The van der Waals surface area contributed by atoms with Crippen molar-refractivity contribution in [1.29, 1.82) is 0 Å². The normalized spacial score (nSPS) is 12.1. The van der Waals surface area contributed by atoms with Crippen LogP contribution < -0.4 is 0 Å². The summed E-state index contributed by atoms with van der Waals surface area (Å²) in [5.41, 5.74) is 1.50. The van der Waals surface area contributed by atoms with E-state index in [-0.39, 0.29) is 0 Å². The fourth-order valence-electron chi connectivity index (χ4n) is 0.827. The molecule has 0 N–H and O–H groups in total. The van der Waals surface area contributed by atoms with Gasteiger partial charge in [0.1, 0.15) is 0 Å². The van der Waals surface area contributed by atoms with E-state index in [9.17, 15) is 0 Å². The van der Waals surface area contributed by atoms with Crippen LogP contribution in [-0.2, 0) is 0 Å². The molecule has 0 heteroatoms. The molecule has 0 aromatic carbocycles. The first-order valence-electron chi connectivity index (χ1n) is 3.82. The van der Waals surface area contributed by atoms with Crippen LogP contribution >= 0.6 is 0 Å². The Labute approximate surface area is 59.0 Å². The lowest BCUT2D eigenvalue weighted by atomic mass is 10.1. The third-order valence-corrected chi connectivity index (χ3v) is 1.59. The van der Waals surface area contributed by atoms with Gasteiger partial charge in [-0.2, -0.15) is 0 Å². The van der Waals surface area contributed by atoms with E-state index in [2.05, 4.69) is 20.8 Å². The van der Waals surface area contributed by atoms with Gasteiger partial charge in [0.05, 0.1) is 0 Å². The molecule has 0 aromatic rings. The molecule has 0 heterocycles. The lowest BCUT2D eigenvalue weighted by Gasteiger charge is -1.99. The minimum atomic E-state index is 1.17. The summed E-state index contributed by atoms with van der Waals surface area (Å²) < 4.78 is 0. The van der Waals surface area contributed by atoms with Crippen LogP contribution in [0.4, 0.5) is 0 Å². The molecule has 0 nitrogen and oxygen atoms in total. The first-order valence-corrected chi connectivity index (χ1v) is 3.82. The van der Waals surface area contributed by atoms with Gasteiger partial charge in [-0.15, -0.1) is 0 Å². The topological polar surface area (TPSA) is 0 Å². The van der Waals surface area contributed by atoms with E-state index in [1.54, 1.807) is 0 Å². The van der Waals surface area contributed by atoms with Gasteiger partial charge in [0, 0.05) is 0 Å². The third-order valence-electron chi connectivity index (χ3n) is 1.59. The summed E-state index contributed by atoms with van der Waals surface area (Å²) in [4.78, 5) is 0. The molecule has 0 saturated heterocycles. The molecule has 0 rings (SSSR count). The molecule has 53 valence electrons. The summed E-state index contributed by atoms with van der Waals surface area (Å²) in [5.74, 6) is 0. The van der Waals surface area contributed by atoms with Gasteiger partial charge in [0.25, 0.3) is 0 Å². The predicted molar refractivity (Wildman–Crippen MR) is 43.3 cm³/mol. The van der Waals surface area contributed by atoms with Crippen molar-refractivity contribution in [3.8, 4) is 0 Å². The Morgan fingerprint density at radius 1 is 1.44 bits per heavy atom. The Morgan fingerprint density at radius 3 is 2.44 bits per heavy atom. The molecule has 0 fully saturated rings. The smallest absolute Gasteiger partial charge is 0.0313 e. The fourth-order valence-corrected chi connectivity index (χ4v) is 0.827. The molecule has 0 aliphatic rings. The van der Waals surface area contributed by atoms with Crippen molar-refractivity contribution >= 4 is 0 Å². The van der Waals surface area contributed by atoms with Gasteiger partial charge in [-0.25, -0.2) is 0 Å². The van der Waals surface area contributed by atoms with Crippen molar-refractivity contribution in [2.75, 3.05) is 0 Å². The molecule has 0 aromatic heterocycles. The van der Waals surface area contributed by atoms with Crippen LogP contribution in [0.25, 0.3) is 0 Å². The Balaban J connectivity index is 3.33. The summed E-state index contributed by atoms with van der Waals surface area (Å²) in [6, 6.07) is 0. The highest BCUT2D eigenvalue weighted by Crippen LogP contribution is 2.09. The third kappa shape index (κ3) is 4.26. The van der Waals surface area contributed by atoms with E-state index in [1.165, 1.54) is 31.3 Å². The van der Waals surface area contributed by atoms with Gasteiger partial charge in [-0.05, 0) is 26.2 Å². The van der Waals surface area contributed by atoms with Crippen molar-refractivity contribution in [3.63, 3.8) is 0 Å². The molecule has 0 unspecified atom stereocenters. The number of hydrogen-bond acceptors (Lipinski definition) is 0. The van der Waals surface area contributed by atoms with Gasteiger partial charge in [0.2, 0.25) is 0 Å². The van der Waals surface area contributed by atoms with Gasteiger partial charge < -0.3 is 0 Å². The number of hydrogen-bond donors (Lipinski definition) is 0. The van der Waals surface area contributed by atoms with E-state index in [0.717, 1.165) is 0 Å². The van der Waals surface area contributed by atoms with E-state index in [4.69, 9.17) is 0 Å². The predicted octanol–water partition coefficient (Wildman–Crippen LogP) is 3.35. The molecule has 0 aliphatic heterocycles. The van der Waals surface area contributed by atoms with E-state index in [1.807, 2.05) is 6.08 Å². The van der Waals surface area contributed by atoms with Crippen LogP contribution in [0.2, 0.25) is 0 Å². The Morgan fingerprint density at radius 2 is 2.11 bits per heavy atom. The van der Waals surface area contributed by atoms with E-state index in [0.29, 0.717) is 0 Å². The largest absolute Gasteiger partial charge is 0.0850 e. The standard InChI is InChI=1S/C9H17/c1-4-7-8-9(5-2)6-3/h5H,2,4,6-8H2,1,3H3/b9-5+. The van der Waals surface area contributed by atoms with Crippen LogP contribution in [0.5, 0.6) is 0 Å². The van der Waals surface area contributed by atoms with Gasteiger partial charge >= 0.3 is 0 Å². The number of allylic oxidation sites excluding steroid dienone is 2. The van der Waals surface area contributed by atoms with Gasteiger partial charge in [-0.1, -0.05) is 31.9 Å². The van der Waals surface area contributed by atoms with E-state index >= 15 is 0 Å². The maximum absolute atomic E-state index is 3.75. The summed E-state index contributed by atoms with van der Waals surface area (Å²) in [5, 5.41) is 0. The van der Waals surface area contributed by atoms with E-state index < -0.39 is 0 Å². The minimum absolute atomic E-state index is 1.17. The van der Waals surface area contributed by atoms with Crippen molar-refractivity contribution in [2.45, 2.75) is 39.5 Å². The zero-order valence-corrected chi connectivity index (χ0v) is 6.61. The number of rotatable bonds is 4. The zero-order valence-electron chi connectivity index (χ0n) is 6.61. The highest BCUT2D eigenvalue weighted by atomic mass is 14.0. The molecular weight excluding hydrogens is 108 g/mol. The van der Waals surface area contributed by atoms with Crippen molar-refractivity contribution in [2.24, 2.45) is 0 Å². The lowest BCUT2D eigenvalue weighted by molar-refractivity contribution is 0.766. The second-order valence-corrected chi connectivity index (χ2v) is 2.32. The summed E-state index contributed by atoms with van der Waals surface area (Å²) in [6.07, 6.45) is 7.02. The minimum Gasteiger partial charge on any atom is -0.0850 e. The zero-order chi connectivity index (χ0) is 7.11. The molecule has 0 spiro atoms. The SMILES string of the molecule is [CH2]/C=C(\CC)CCCC. The second-order valence-electron chi connectivity index (χ2n) is 2.32. The van der Waals surface area contributed by atoms with Gasteiger partial charge in [0.15, 0.2) is 0 Å². The highest BCUT2D eigenvalue weighted by Gasteiger charge is 1.89. The van der Waals surface area contributed by atoms with Crippen molar-refractivity contribution in [1.82, 2.24) is 0 Å². The van der Waals surface area contributed by atoms with Crippen molar-refractivity contribution < 1.29 is 0 Å². The second kappa shape index (κ2) is 5.87. The Kier molecular flexibility index (Phi) is 5.70. The van der Waals surface area contributed by atoms with Crippen LogP contribution in [-0.4, -0.2) is 0 Å². The molecule has 0 atom stereocenters. The summed E-state index contributed by atoms with van der Waals surface area (Å²) in [7, 11) is 0. The Hall–Kier alpha value is -0.260. The maximum atomic E-state index is 3.75. The molecule has 1 radical (unpaired) electrons. The first kappa shape index (κ1) is 8.74. The van der Waals surface area contributed by atoms with Gasteiger partial charge in [-0.3, -0.25) is 0 Å². The molecule has 0 bridgehead atoms. The molecule has 0 amide bonds. The highest BCUT2D eigenvalue weighted by molar-refractivity contribution is 5.02. The average molecular weight is 125 g/mol. The molecular formula is C9H17. The number of unbranched alkanes of at least 4 members (excludes halogenated alkanes) is 1. The maximum Gasteiger partial charge on any atom is -0.0313 e. The lowest BCUT2D eigenvalue weighted by Crippen LogP contribution is -1.79. The first-order chi connectivity index (χ1) is 4.35. The Bertz CT molecular complexity index is 80.0. The quantitative estimate of drug-likeness (QED) is 0.540. The van der Waals surface area contributed by atoms with Crippen LogP contribution in [0.3, 0.4) is 0 Å². The van der Waals surface area contributed by atoms with Crippen LogP contribution in [0.1, 0.15) is 39.5 Å². The summed E-state index contributed by atoms with van der Waals surface area (Å²) in [6.45, 7) is 8.15. The molecule has 0 saturated carbocycles. The van der Waals surface area contributed by atoms with Crippen LogP contribution in [0.15, 0.2) is 11.6 Å².